The topological polar surface area (TPSA) is 65.1 Å². The Balaban J connectivity index is 1.83. The van der Waals surface area contributed by atoms with Crippen LogP contribution in [-0.4, -0.2) is 28.1 Å². The van der Waals surface area contributed by atoms with Crippen molar-refractivity contribution in [2.24, 2.45) is 5.92 Å². The molecule has 0 saturated carbocycles. The highest BCUT2D eigenvalue weighted by molar-refractivity contribution is 5.80. The normalized spacial score (nSPS) is 14.3. The molecule has 2 aromatic rings. The fraction of sp³-hybridized carbons (Fsp3) is 0.471. The minimum absolute atomic E-state index is 0.0231. The minimum Gasteiger partial charge on any atom is -0.388 e. The van der Waals surface area contributed by atoms with Gasteiger partial charge in [-0.25, -0.2) is 0 Å². The molecule has 0 fully saturated rings. The van der Waals surface area contributed by atoms with Crippen molar-refractivity contribution in [3.05, 3.63) is 36.0 Å². The molecule has 0 saturated heterocycles. The minimum atomic E-state index is -0.861. The molecule has 0 aliphatic carbocycles. The van der Waals surface area contributed by atoms with Gasteiger partial charge in [-0.3, -0.25) is 4.79 Å². The summed E-state index contributed by atoms with van der Waals surface area (Å²) in [5.74, 6) is 0.0823. The van der Waals surface area contributed by atoms with Crippen LogP contribution in [0.4, 0.5) is 0 Å². The van der Waals surface area contributed by atoms with E-state index in [0.717, 1.165) is 16.5 Å². The van der Waals surface area contributed by atoms with Crippen LogP contribution in [0, 0.1) is 5.92 Å². The Morgan fingerprint density at radius 1 is 1.38 bits per heavy atom. The van der Waals surface area contributed by atoms with Gasteiger partial charge < -0.3 is 15.4 Å². The maximum Gasteiger partial charge on any atom is 0.220 e. The fourth-order valence-corrected chi connectivity index (χ4v) is 2.09. The highest BCUT2D eigenvalue weighted by Gasteiger charge is 2.25. The van der Waals surface area contributed by atoms with Crippen molar-refractivity contribution in [2.75, 3.05) is 6.54 Å². The number of benzene rings is 1. The number of rotatable bonds is 6. The number of aryl methyl sites for hydroxylation is 1. The number of hydrogen-bond acceptors (Lipinski definition) is 2. The summed E-state index contributed by atoms with van der Waals surface area (Å²) in [6.07, 6.45) is 3.05. The Labute approximate surface area is 125 Å². The van der Waals surface area contributed by atoms with E-state index in [9.17, 15) is 9.90 Å². The van der Waals surface area contributed by atoms with Crippen molar-refractivity contribution in [1.82, 2.24) is 10.3 Å². The molecular weight excluding hydrogens is 264 g/mol. The average molecular weight is 288 g/mol. The number of carbonyl (C=O) groups is 1. The van der Waals surface area contributed by atoms with Crippen LogP contribution in [0.3, 0.4) is 0 Å². The van der Waals surface area contributed by atoms with E-state index in [1.165, 1.54) is 0 Å². The zero-order chi connectivity index (χ0) is 15.5. The third-order valence-electron chi connectivity index (χ3n) is 4.15. The fourth-order valence-electron chi connectivity index (χ4n) is 2.09. The number of nitrogens with one attached hydrogen (secondary N) is 2. The lowest BCUT2D eigenvalue weighted by atomic mass is 9.92. The summed E-state index contributed by atoms with van der Waals surface area (Å²) in [5, 5.41) is 14.1. The van der Waals surface area contributed by atoms with E-state index < -0.39 is 5.60 Å². The van der Waals surface area contributed by atoms with E-state index in [0.29, 0.717) is 19.4 Å². The van der Waals surface area contributed by atoms with Gasteiger partial charge in [-0.1, -0.05) is 19.9 Å². The Bertz CT molecular complexity index is 614. The number of carbonyl (C=O) groups excluding carboxylic acids is 1. The summed E-state index contributed by atoms with van der Waals surface area (Å²) in [5.41, 5.74) is 1.39. The second kappa shape index (κ2) is 6.31. The highest BCUT2D eigenvalue weighted by Crippen LogP contribution is 2.16. The molecule has 0 bridgehead atoms. The number of amides is 1. The van der Waals surface area contributed by atoms with Gasteiger partial charge in [0.1, 0.15) is 0 Å². The van der Waals surface area contributed by atoms with Crippen LogP contribution in [-0.2, 0) is 11.2 Å². The summed E-state index contributed by atoms with van der Waals surface area (Å²) in [6, 6.07) is 8.20. The first-order valence-corrected chi connectivity index (χ1v) is 7.43. The molecule has 1 unspecified atom stereocenters. The predicted molar refractivity (Wildman–Crippen MR) is 85.1 cm³/mol. The van der Waals surface area contributed by atoms with Crippen molar-refractivity contribution in [3.8, 4) is 0 Å². The van der Waals surface area contributed by atoms with Crippen molar-refractivity contribution in [3.63, 3.8) is 0 Å². The Kier molecular flexibility index (Phi) is 4.68. The quantitative estimate of drug-likeness (QED) is 0.765. The van der Waals surface area contributed by atoms with Gasteiger partial charge in [0.25, 0.3) is 0 Å². The first-order valence-electron chi connectivity index (χ1n) is 7.43. The van der Waals surface area contributed by atoms with Crippen molar-refractivity contribution >= 4 is 16.8 Å². The monoisotopic (exact) mass is 288 g/mol. The molecule has 1 aromatic carbocycles. The van der Waals surface area contributed by atoms with E-state index in [4.69, 9.17) is 0 Å². The number of hydrogen-bond donors (Lipinski definition) is 3. The summed E-state index contributed by atoms with van der Waals surface area (Å²) < 4.78 is 0. The number of H-pyrrole nitrogens is 1. The van der Waals surface area contributed by atoms with E-state index in [2.05, 4.69) is 16.4 Å². The summed E-state index contributed by atoms with van der Waals surface area (Å²) >= 11 is 0. The Morgan fingerprint density at radius 2 is 2.14 bits per heavy atom. The lowest BCUT2D eigenvalue weighted by Gasteiger charge is -2.27. The van der Waals surface area contributed by atoms with E-state index in [-0.39, 0.29) is 11.8 Å². The highest BCUT2D eigenvalue weighted by atomic mass is 16.3. The molecule has 21 heavy (non-hydrogen) atoms. The van der Waals surface area contributed by atoms with Gasteiger partial charge in [-0.15, -0.1) is 0 Å². The molecule has 114 valence electrons. The first kappa shape index (κ1) is 15.6. The molecule has 0 spiro atoms. The largest absolute Gasteiger partial charge is 0.388 e. The van der Waals surface area contributed by atoms with Crippen molar-refractivity contribution in [1.29, 1.82) is 0 Å². The molecule has 1 amide bonds. The van der Waals surface area contributed by atoms with Crippen LogP contribution < -0.4 is 5.32 Å². The van der Waals surface area contributed by atoms with Crippen LogP contribution in [0.1, 0.15) is 32.8 Å². The molecule has 0 aliphatic heterocycles. The molecular formula is C17H24N2O2. The van der Waals surface area contributed by atoms with Crippen LogP contribution in [0.2, 0.25) is 0 Å². The van der Waals surface area contributed by atoms with Crippen LogP contribution in [0.15, 0.2) is 30.5 Å². The molecule has 2 rings (SSSR count). The van der Waals surface area contributed by atoms with Crippen LogP contribution in [0.5, 0.6) is 0 Å². The second-order valence-corrected chi connectivity index (χ2v) is 6.19. The van der Waals surface area contributed by atoms with Gasteiger partial charge in [0.2, 0.25) is 5.91 Å². The zero-order valence-electron chi connectivity index (χ0n) is 12.9. The summed E-state index contributed by atoms with van der Waals surface area (Å²) in [4.78, 5) is 15.0. The van der Waals surface area contributed by atoms with Gasteiger partial charge >= 0.3 is 0 Å². The maximum atomic E-state index is 11.9. The van der Waals surface area contributed by atoms with Crippen LogP contribution in [0.25, 0.3) is 10.9 Å². The number of aromatic amines is 1. The number of aromatic nitrogens is 1. The van der Waals surface area contributed by atoms with Gasteiger partial charge in [0, 0.05) is 24.7 Å². The maximum absolute atomic E-state index is 11.9. The predicted octanol–water partition coefficient (Wildman–Crippen LogP) is 2.62. The van der Waals surface area contributed by atoms with Gasteiger partial charge in [-0.2, -0.15) is 0 Å². The Hall–Kier alpha value is -1.81. The molecule has 4 heteroatoms. The van der Waals surface area contributed by atoms with Gasteiger partial charge in [0.15, 0.2) is 0 Å². The Morgan fingerprint density at radius 3 is 2.86 bits per heavy atom. The SMILES string of the molecule is CC(C)C(C)(O)CNC(=O)CCc1ccc2[nH]ccc2c1. The third kappa shape index (κ3) is 4.08. The smallest absolute Gasteiger partial charge is 0.220 e. The molecule has 4 nitrogen and oxygen atoms in total. The molecule has 1 aromatic heterocycles. The average Bonchev–Trinajstić information content (AvgIpc) is 2.90. The molecule has 0 radical (unpaired) electrons. The van der Waals surface area contributed by atoms with Gasteiger partial charge in [-0.05, 0) is 48.4 Å². The third-order valence-corrected chi connectivity index (χ3v) is 4.15. The lowest BCUT2D eigenvalue weighted by Crippen LogP contribution is -2.44. The number of aliphatic hydroxyl groups is 1. The first-order chi connectivity index (χ1) is 9.88. The van der Waals surface area contributed by atoms with E-state index in [1.807, 2.05) is 38.2 Å². The lowest BCUT2D eigenvalue weighted by molar-refractivity contribution is -0.122. The second-order valence-electron chi connectivity index (χ2n) is 6.19. The molecule has 3 N–H and O–H groups in total. The molecule has 0 aliphatic rings. The van der Waals surface area contributed by atoms with E-state index in [1.54, 1.807) is 6.92 Å². The van der Waals surface area contributed by atoms with E-state index >= 15 is 0 Å². The summed E-state index contributed by atoms with van der Waals surface area (Å²) in [6.45, 7) is 5.93. The molecule has 1 atom stereocenters. The van der Waals surface area contributed by atoms with Gasteiger partial charge in [0.05, 0.1) is 5.60 Å². The summed E-state index contributed by atoms with van der Waals surface area (Å²) in [7, 11) is 0. The zero-order valence-corrected chi connectivity index (χ0v) is 12.9. The number of fused-ring (bicyclic) bond motifs is 1. The molecule has 1 heterocycles. The van der Waals surface area contributed by atoms with Crippen LogP contribution >= 0.6 is 0 Å². The van der Waals surface area contributed by atoms with Crippen molar-refractivity contribution in [2.45, 2.75) is 39.2 Å². The van der Waals surface area contributed by atoms with Crippen molar-refractivity contribution < 1.29 is 9.90 Å². The standard InChI is InChI=1S/C17H24N2O2/c1-12(2)17(3,21)11-19-16(20)7-5-13-4-6-15-14(10-13)8-9-18-15/h4,6,8-10,12,18,21H,5,7,11H2,1-3H3,(H,19,20).